The SMILES string of the molecule is c1ccc2c(c1)Oc1nccnc1S2. The zero-order valence-electron chi connectivity index (χ0n) is 7.18. The van der Waals surface area contributed by atoms with E-state index in [1.54, 1.807) is 24.2 Å². The first kappa shape index (κ1) is 7.82. The molecule has 0 radical (unpaired) electrons. The molecule has 14 heavy (non-hydrogen) atoms. The summed E-state index contributed by atoms with van der Waals surface area (Å²) in [7, 11) is 0. The van der Waals surface area contributed by atoms with Crippen molar-refractivity contribution in [1.82, 2.24) is 9.97 Å². The molecular weight excluding hydrogens is 196 g/mol. The minimum absolute atomic E-state index is 0.594. The maximum absolute atomic E-state index is 5.58. The van der Waals surface area contributed by atoms with Crippen LogP contribution in [0.5, 0.6) is 11.6 Å². The molecule has 4 heteroatoms. The zero-order valence-corrected chi connectivity index (χ0v) is 7.99. The van der Waals surface area contributed by atoms with Crippen molar-refractivity contribution >= 4 is 11.8 Å². The number of fused-ring (bicyclic) bond motifs is 2. The van der Waals surface area contributed by atoms with Crippen LogP contribution in [0.25, 0.3) is 0 Å². The van der Waals surface area contributed by atoms with Gasteiger partial charge in [0.15, 0.2) is 5.03 Å². The molecule has 1 aliphatic heterocycles. The Hall–Kier alpha value is -1.55. The second-order valence-corrected chi connectivity index (χ2v) is 3.85. The first-order valence-corrected chi connectivity index (χ1v) is 5.01. The molecule has 68 valence electrons. The van der Waals surface area contributed by atoms with E-state index in [0.717, 1.165) is 15.7 Å². The fraction of sp³-hybridized carbons (Fsp3) is 0. The summed E-state index contributed by atoms with van der Waals surface area (Å²) in [5, 5.41) is 0.825. The van der Waals surface area contributed by atoms with Gasteiger partial charge in [0.25, 0.3) is 5.88 Å². The Morgan fingerprint density at radius 3 is 2.93 bits per heavy atom. The van der Waals surface area contributed by atoms with E-state index in [0.29, 0.717) is 5.88 Å². The summed E-state index contributed by atoms with van der Waals surface area (Å²) in [5.41, 5.74) is 0. The highest BCUT2D eigenvalue weighted by molar-refractivity contribution is 7.99. The summed E-state index contributed by atoms with van der Waals surface area (Å²) >= 11 is 1.58. The van der Waals surface area contributed by atoms with Gasteiger partial charge in [-0.1, -0.05) is 23.9 Å². The Balaban J connectivity index is 2.12. The van der Waals surface area contributed by atoms with Gasteiger partial charge in [0.2, 0.25) is 0 Å². The largest absolute Gasteiger partial charge is 0.435 e. The van der Waals surface area contributed by atoms with Crippen molar-refractivity contribution in [3.63, 3.8) is 0 Å². The van der Waals surface area contributed by atoms with Crippen molar-refractivity contribution in [1.29, 1.82) is 0 Å². The van der Waals surface area contributed by atoms with E-state index in [4.69, 9.17) is 4.74 Å². The summed E-state index contributed by atoms with van der Waals surface area (Å²) in [6.07, 6.45) is 3.30. The van der Waals surface area contributed by atoms with E-state index in [9.17, 15) is 0 Å². The maximum atomic E-state index is 5.58. The van der Waals surface area contributed by atoms with Crippen LogP contribution in [-0.2, 0) is 0 Å². The first-order valence-electron chi connectivity index (χ1n) is 4.19. The number of para-hydroxylation sites is 1. The molecule has 3 rings (SSSR count). The molecule has 0 bridgehead atoms. The molecule has 0 unspecified atom stereocenters. The lowest BCUT2D eigenvalue weighted by atomic mass is 10.3. The molecule has 1 aromatic heterocycles. The lowest BCUT2D eigenvalue weighted by molar-refractivity contribution is 0.428. The predicted octanol–water partition coefficient (Wildman–Crippen LogP) is 2.73. The van der Waals surface area contributed by atoms with Gasteiger partial charge in [0.05, 0.1) is 4.90 Å². The third kappa shape index (κ3) is 1.15. The average Bonchev–Trinajstić information content (AvgIpc) is 2.26. The van der Waals surface area contributed by atoms with Crippen LogP contribution in [0.15, 0.2) is 46.6 Å². The fourth-order valence-electron chi connectivity index (χ4n) is 1.28. The summed E-state index contributed by atoms with van der Waals surface area (Å²) in [5.74, 6) is 1.45. The number of hydrogen-bond acceptors (Lipinski definition) is 4. The monoisotopic (exact) mass is 202 g/mol. The Bertz CT molecular complexity index is 400. The molecule has 0 saturated carbocycles. The summed E-state index contributed by atoms with van der Waals surface area (Å²) in [4.78, 5) is 9.39. The maximum Gasteiger partial charge on any atom is 0.252 e. The second kappa shape index (κ2) is 2.99. The Labute approximate surface area is 85.2 Å². The topological polar surface area (TPSA) is 35.0 Å². The lowest BCUT2D eigenvalue weighted by Crippen LogP contribution is -1.98. The molecule has 2 heterocycles. The molecule has 1 aromatic carbocycles. The van der Waals surface area contributed by atoms with E-state index in [2.05, 4.69) is 9.97 Å². The van der Waals surface area contributed by atoms with E-state index < -0.39 is 0 Å². The first-order chi connectivity index (χ1) is 6.93. The third-order valence-electron chi connectivity index (χ3n) is 1.90. The highest BCUT2D eigenvalue weighted by Crippen LogP contribution is 2.44. The quantitative estimate of drug-likeness (QED) is 0.561. The smallest absolute Gasteiger partial charge is 0.252 e. The van der Waals surface area contributed by atoms with Gasteiger partial charge in [-0.3, -0.25) is 0 Å². The Morgan fingerprint density at radius 2 is 1.93 bits per heavy atom. The number of benzene rings is 1. The molecule has 0 atom stereocenters. The van der Waals surface area contributed by atoms with Gasteiger partial charge in [-0.05, 0) is 12.1 Å². The molecule has 3 nitrogen and oxygen atoms in total. The van der Waals surface area contributed by atoms with Gasteiger partial charge in [0.1, 0.15) is 5.75 Å². The van der Waals surface area contributed by atoms with Gasteiger partial charge in [-0.15, -0.1) is 0 Å². The van der Waals surface area contributed by atoms with Gasteiger partial charge >= 0.3 is 0 Å². The Morgan fingerprint density at radius 1 is 1.07 bits per heavy atom. The average molecular weight is 202 g/mol. The summed E-state index contributed by atoms with van der Waals surface area (Å²) < 4.78 is 5.58. The molecule has 0 amide bonds. The molecule has 0 aliphatic carbocycles. The van der Waals surface area contributed by atoms with Gasteiger partial charge in [0, 0.05) is 12.4 Å². The standard InChI is InChI=1S/C10H6N2OS/c1-2-4-8-7(3-1)13-9-10(14-8)12-6-5-11-9/h1-6H. The molecule has 0 spiro atoms. The highest BCUT2D eigenvalue weighted by atomic mass is 32.2. The van der Waals surface area contributed by atoms with E-state index in [1.165, 1.54) is 0 Å². The van der Waals surface area contributed by atoms with Crippen molar-refractivity contribution in [2.24, 2.45) is 0 Å². The molecular formula is C10H6N2OS. The highest BCUT2D eigenvalue weighted by Gasteiger charge is 2.18. The molecule has 2 aromatic rings. The van der Waals surface area contributed by atoms with Crippen LogP contribution >= 0.6 is 11.8 Å². The van der Waals surface area contributed by atoms with Crippen LogP contribution in [0.4, 0.5) is 0 Å². The van der Waals surface area contributed by atoms with Gasteiger partial charge in [-0.2, -0.15) is 0 Å². The summed E-state index contributed by atoms with van der Waals surface area (Å²) in [6, 6.07) is 7.87. The van der Waals surface area contributed by atoms with Crippen molar-refractivity contribution in [3.05, 3.63) is 36.7 Å². The second-order valence-electron chi connectivity index (χ2n) is 2.82. The molecule has 0 saturated heterocycles. The van der Waals surface area contributed by atoms with Crippen LogP contribution in [0.2, 0.25) is 0 Å². The van der Waals surface area contributed by atoms with Crippen LogP contribution in [-0.4, -0.2) is 9.97 Å². The van der Waals surface area contributed by atoms with Crippen LogP contribution in [0, 0.1) is 0 Å². The Kier molecular flexibility index (Phi) is 1.67. The lowest BCUT2D eigenvalue weighted by Gasteiger charge is -2.16. The number of ether oxygens (including phenoxy) is 1. The number of aromatic nitrogens is 2. The van der Waals surface area contributed by atoms with Crippen LogP contribution < -0.4 is 4.74 Å². The van der Waals surface area contributed by atoms with Gasteiger partial charge in [-0.25, -0.2) is 9.97 Å². The predicted molar refractivity (Wildman–Crippen MR) is 52.7 cm³/mol. The van der Waals surface area contributed by atoms with Crippen molar-refractivity contribution < 1.29 is 4.74 Å². The summed E-state index contributed by atoms with van der Waals surface area (Å²) in [6.45, 7) is 0. The third-order valence-corrected chi connectivity index (χ3v) is 2.93. The van der Waals surface area contributed by atoms with Crippen LogP contribution in [0.1, 0.15) is 0 Å². The minimum Gasteiger partial charge on any atom is -0.435 e. The van der Waals surface area contributed by atoms with Crippen molar-refractivity contribution in [3.8, 4) is 11.6 Å². The fourth-order valence-corrected chi connectivity index (χ4v) is 2.14. The van der Waals surface area contributed by atoms with E-state index >= 15 is 0 Å². The van der Waals surface area contributed by atoms with Gasteiger partial charge < -0.3 is 4.74 Å². The number of nitrogens with zero attached hydrogens (tertiary/aromatic N) is 2. The van der Waals surface area contributed by atoms with E-state index in [-0.39, 0.29) is 0 Å². The van der Waals surface area contributed by atoms with Crippen molar-refractivity contribution in [2.45, 2.75) is 9.92 Å². The van der Waals surface area contributed by atoms with Crippen LogP contribution in [0.3, 0.4) is 0 Å². The molecule has 1 aliphatic rings. The van der Waals surface area contributed by atoms with Crippen molar-refractivity contribution in [2.75, 3.05) is 0 Å². The van der Waals surface area contributed by atoms with E-state index in [1.807, 2.05) is 24.3 Å². The normalized spacial score (nSPS) is 12.6. The molecule has 0 fully saturated rings. The number of rotatable bonds is 0. The molecule has 0 N–H and O–H groups in total. The zero-order chi connectivity index (χ0) is 9.38. The minimum atomic E-state index is 0.594. The number of hydrogen-bond donors (Lipinski definition) is 0.